The average molecular weight is 1100 g/mol. The highest BCUT2D eigenvalue weighted by molar-refractivity contribution is 5.98. The fourth-order valence-electron chi connectivity index (χ4n) is 9.41. The van der Waals surface area contributed by atoms with E-state index >= 15 is 0 Å². The molecule has 10 amide bonds. The third-order valence-electron chi connectivity index (χ3n) is 14.7. The Labute approximate surface area is 462 Å². The summed E-state index contributed by atoms with van der Waals surface area (Å²) >= 11 is 0. The lowest BCUT2D eigenvalue weighted by atomic mass is 9.98. The fourth-order valence-corrected chi connectivity index (χ4v) is 9.41. The standard InChI is InChI=1S/C56H92N10O12/c1-34(2)29-42-49(71)58-41(33-78-56(8,9)10)48(70)57-40(53(75)66-27-21-18-22-28-66)25-26-45(68)61(12)36(5)51(73)62(13)37(6)52(74)65(16)44(31-39-23-19-17-20-24-39)54(76)64(15)43(30-35(3)4)50(72)59-47(38(7)67)55(77)60(11)32-46(69)63(42)14/h17,19-20,23-24,34-38,40-44,47,67H,18,21-22,25-33H2,1-16H3,(H,57,70)(H,58,71)(H,59,72)/t36-,37-,38+,40-,41-,42-,43-,44-,47-/m0/s1. The van der Waals surface area contributed by atoms with E-state index in [9.17, 15) is 53.1 Å². The van der Waals surface area contributed by atoms with Crippen molar-refractivity contribution in [1.29, 1.82) is 0 Å². The number of aliphatic hydroxyl groups is 1. The van der Waals surface area contributed by atoms with Gasteiger partial charge in [0.15, 0.2) is 0 Å². The summed E-state index contributed by atoms with van der Waals surface area (Å²) in [6.07, 6.45) is 0.645. The number of likely N-dealkylation sites (tertiary alicyclic amines) is 1. The lowest BCUT2D eigenvalue weighted by Crippen LogP contribution is -2.61. The maximum atomic E-state index is 14.9. The van der Waals surface area contributed by atoms with Gasteiger partial charge in [0.05, 0.1) is 24.9 Å². The lowest BCUT2D eigenvalue weighted by Gasteiger charge is -2.38. The van der Waals surface area contributed by atoms with E-state index in [4.69, 9.17) is 4.74 Å². The van der Waals surface area contributed by atoms with Crippen LogP contribution in [0.15, 0.2) is 30.3 Å². The quantitative estimate of drug-likeness (QED) is 0.260. The Balaban J connectivity index is 2.22. The second kappa shape index (κ2) is 29.7. The van der Waals surface area contributed by atoms with E-state index in [-0.39, 0.29) is 50.5 Å². The molecule has 0 bridgehead atoms. The van der Waals surface area contributed by atoms with Crippen LogP contribution in [0.4, 0.5) is 0 Å². The van der Waals surface area contributed by atoms with Crippen LogP contribution in [0.5, 0.6) is 0 Å². The first-order valence-corrected chi connectivity index (χ1v) is 27.4. The van der Waals surface area contributed by atoms with Crippen molar-refractivity contribution >= 4 is 59.1 Å². The molecule has 2 fully saturated rings. The molecule has 0 radical (unpaired) electrons. The van der Waals surface area contributed by atoms with E-state index in [2.05, 4.69) is 16.0 Å². The number of aliphatic hydroxyl groups excluding tert-OH is 1. The first-order chi connectivity index (χ1) is 36.3. The van der Waals surface area contributed by atoms with E-state index in [1.165, 1.54) is 82.7 Å². The third-order valence-corrected chi connectivity index (χ3v) is 14.7. The monoisotopic (exact) mass is 1100 g/mol. The minimum atomic E-state index is -1.60. The predicted octanol–water partition coefficient (Wildman–Crippen LogP) is 1.41. The first kappa shape index (κ1) is 66.1. The molecule has 22 heteroatoms. The summed E-state index contributed by atoms with van der Waals surface area (Å²) in [5.74, 6) is -7.03. The summed E-state index contributed by atoms with van der Waals surface area (Å²) in [6, 6.07) is -1.25. The number of ether oxygens (including phenoxy) is 1. The van der Waals surface area contributed by atoms with Crippen LogP contribution >= 0.6 is 0 Å². The van der Waals surface area contributed by atoms with Crippen LogP contribution in [-0.2, 0) is 59.1 Å². The normalized spacial score (nSPS) is 26.2. The zero-order chi connectivity index (χ0) is 59.1. The molecule has 9 atom stereocenters. The van der Waals surface area contributed by atoms with Gasteiger partial charge < -0.3 is 60.1 Å². The smallest absolute Gasteiger partial charge is 0.248 e. The minimum Gasteiger partial charge on any atom is -0.391 e. The molecule has 438 valence electrons. The maximum Gasteiger partial charge on any atom is 0.248 e. The molecule has 1 aromatic rings. The van der Waals surface area contributed by atoms with Crippen LogP contribution in [0.1, 0.15) is 120 Å². The first-order valence-electron chi connectivity index (χ1n) is 27.4. The topological polar surface area (TPSA) is 259 Å². The molecule has 2 saturated heterocycles. The second-order valence-corrected chi connectivity index (χ2v) is 23.1. The average Bonchev–Trinajstić information content (AvgIpc) is 3.39. The Morgan fingerprint density at radius 3 is 1.68 bits per heavy atom. The van der Waals surface area contributed by atoms with Crippen LogP contribution in [0.25, 0.3) is 0 Å². The zero-order valence-corrected chi connectivity index (χ0v) is 49.3. The van der Waals surface area contributed by atoms with E-state index in [1.54, 1.807) is 56.0 Å². The SMILES string of the molecule is CC(C)C[C@H]1C(=O)N[C@@H](COC(C)(C)C)C(=O)N[C@H](C(=O)N2CCCCC2)CCC(=O)N(C)[C@@H](C)C(=O)N(C)[C@@H](C)C(=O)N(C)[C@@H](Cc2ccccc2)C(=O)N(C)[C@@H](CC(C)C)C(=O)N[C@@H]([C@@H](C)O)C(=O)N(C)CC(=O)N1C. The number of nitrogens with one attached hydrogen (secondary N) is 3. The Hall–Kier alpha value is -6.16. The van der Waals surface area contributed by atoms with Crippen molar-refractivity contribution < 1.29 is 57.8 Å². The third kappa shape index (κ3) is 18.8. The van der Waals surface area contributed by atoms with Crippen LogP contribution in [0.2, 0.25) is 0 Å². The summed E-state index contributed by atoms with van der Waals surface area (Å²) < 4.78 is 6.03. The second-order valence-electron chi connectivity index (χ2n) is 23.1. The molecule has 2 heterocycles. The number of nitrogens with zero attached hydrogens (tertiary/aromatic N) is 7. The highest BCUT2D eigenvalue weighted by Gasteiger charge is 2.42. The predicted molar refractivity (Wildman–Crippen MR) is 294 cm³/mol. The Morgan fingerprint density at radius 2 is 1.14 bits per heavy atom. The van der Waals surface area contributed by atoms with Gasteiger partial charge in [-0.25, -0.2) is 0 Å². The van der Waals surface area contributed by atoms with E-state index in [1.807, 2.05) is 27.7 Å². The van der Waals surface area contributed by atoms with Crippen LogP contribution < -0.4 is 16.0 Å². The Morgan fingerprint density at radius 1 is 0.628 bits per heavy atom. The van der Waals surface area contributed by atoms with Crippen molar-refractivity contribution in [3.63, 3.8) is 0 Å². The summed E-state index contributed by atoms with van der Waals surface area (Å²) in [5.41, 5.74) is -0.102. The highest BCUT2D eigenvalue weighted by atomic mass is 16.5. The van der Waals surface area contributed by atoms with Gasteiger partial charge in [0, 0.05) is 68.2 Å². The van der Waals surface area contributed by atoms with Gasteiger partial charge in [-0.15, -0.1) is 0 Å². The molecule has 0 aromatic heterocycles. The molecule has 78 heavy (non-hydrogen) atoms. The molecule has 2 aliphatic heterocycles. The zero-order valence-electron chi connectivity index (χ0n) is 49.3. The van der Waals surface area contributed by atoms with Gasteiger partial charge in [0.25, 0.3) is 0 Å². The molecular weight excluding hydrogens is 1000 g/mol. The molecular formula is C56H92N10O12. The number of benzene rings is 1. The number of hydrogen-bond donors (Lipinski definition) is 4. The molecule has 2 aliphatic rings. The van der Waals surface area contributed by atoms with Gasteiger partial charge in [0.2, 0.25) is 59.1 Å². The number of carbonyl (C=O) groups is 10. The number of carbonyl (C=O) groups excluding carboxylic acids is 10. The van der Waals surface area contributed by atoms with Gasteiger partial charge in [-0.1, -0.05) is 58.0 Å². The molecule has 0 aliphatic carbocycles. The van der Waals surface area contributed by atoms with Gasteiger partial charge in [-0.2, -0.15) is 0 Å². The Kier molecular flexibility index (Phi) is 25.2. The number of amides is 10. The molecule has 1 aromatic carbocycles. The molecule has 4 N–H and O–H groups in total. The summed E-state index contributed by atoms with van der Waals surface area (Å²) in [4.78, 5) is 153. The lowest BCUT2D eigenvalue weighted by molar-refractivity contribution is -0.153. The van der Waals surface area contributed by atoms with Crippen LogP contribution in [-0.4, -0.2) is 227 Å². The minimum absolute atomic E-state index is 0.00902. The summed E-state index contributed by atoms with van der Waals surface area (Å²) in [5, 5.41) is 19.2. The van der Waals surface area contributed by atoms with E-state index < -0.39 is 126 Å². The largest absolute Gasteiger partial charge is 0.391 e. The summed E-state index contributed by atoms with van der Waals surface area (Å²) in [7, 11) is 8.38. The van der Waals surface area contributed by atoms with Gasteiger partial charge in [-0.3, -0.25) is 47.9 Å². The number of hydrogen-bond acceptors (Lipinski definition) is 12. The van der Waals surface area contributed by atoms with Gasteiger partial charge in [0.1, 0.15) is 48.3 Å². The molecule has 22 nitrogen and oxygen atoms in total. The number of piperidine rings is 1. The van der Waals surface area contributed by atoms with Gasteiger partial charge in [-0.05, 0) is 97.5 Å². The highest BCUT2D eigenvalue weighted by Crippen LogP contribution is 2.21. The van der Waals surface area contributed by atoms with Crippen LogP contribution in [0, 0.1) is 11.8 Å². The molecule has 0 unspecified atom stereocenters. The van der Waals surface area contributed by atoms with E-state index in [0.29, 0.717) is 18.7 Å². The molecule has 0 spiro atoms. The maximum absolute atomic E-state index is 14.9. The van der Waals surface area contributed by atoms with E-state index in [0.717, 1.165) is 29.1 Å². The summed E-state index contributed by atoms with van der Waals surface area (Å²) in [6.45, 7) is 16.8. The fraction of sp³-hybridized carbons (Fsp3) is 0.714. The van der Waals surface area contributed by atoms with Gasteiger partial charge >= 0.3 is 0 Å². The molecule has 0 saturated carbocycles. The Bertz CT molecular complexity index is 2250. The van der Waals surface area contributed by atoms with Crippen molar-refractivity contribution in [2.24, 2.45) is 11.8 Å². The molecule has 3 rings (SSSR count). The number of rotatable bonds is 10. The van der Waals surface area contributed by atoms with Crippen molar-refractivity contribution in [3.05, 3.63) is 35.9 Å². The van der Waals surface area contributed by atoms with Crippen molar-refractivity contribution in [2.75, 3.05) is 68.5 Å². The van der Waals surface area contributed by atoms with Crippen molar-refractivity contribution in [1.82, 2.24) is 50.2 Å². The van der Waals surface area contributed by atoms with Crippen molar-refractivity contribution in [3.8, 4) is 0 Å². The van der Waals surface area contributed by atoms with Crippen molar-refractivity contribution in [2.45, 2.75) is 181 Å². The van der Waals surface area contributed by atoms with Crippen LogP contribution in [0.3, 0.4) is 0 Å². The number of likely N-dealkylation sites (N-methyl/N-ethyl adjacent to an activating group) is 6.